The van der Waals surface area contributed by atoms with Gasteiger partial charge in [-0.15, -0.1) is 0 Å². The number of phenols is 1. The maximum atomic E-state index is 12.7. The minimum Gasteiger partial charge on any atom is -0.504 e. The summed E-state index contributed by atoms with van der Waals surface area (Å²) in [5.74, 6) is -0.328. The van der Waals surface area contributed by atoms with Crippen molar-refractivity contribution in [3.63, 3.8) is 0 Å². The topological polar surface area (TPSA) is 96.9 Å². The second kappa shape index (κ2) is 7.82. The lowest BCUT2D eigenvalue weighted by Gasteiger charge is -2.28. The molecular formula is C20H20N2O5. The molecule has 2 aromatic rings. The van der Waals surface area contributed by atoms with Gasteiger partial charge in [-0.3, -0.25) is 0 Å². The number of carbonyl (C=O) groups is 2. The quantitative estimate of drug-likeness (QED) is 0.705. The van der Waals surface area contributed by atoms with Crippen LogP contribution in [0.5, 0.6) is 11.5 Å². The van der Waals surface area contributed by atoms with Gasteiger partial charge < -0.3 is 25.2 Å². The summed E-state index contributed by atoms with van der Waals surface area (Å²) in [6.07, 6.45) is 0. The molecule has 0 aliphatic carbocycles. The van der Waals surface area contributed by atoms with Crippen LogP contribution in [0.1, 0.15) is 24.1 Å². The van der Waals surface area contributed by atoms with Crippen molar-refractivity contribution in [1.82, 2.24) is 10.6 Å². The van der Waals surface area contributed by atoms with Crippen molar-refractivity contribution in [2.45, 2.75) is 19.6 Å². The molecule has 2 aromatic carbocycles. The molecule has 0 radical (unpaired) electrons. The Balaban J connectivity index is 1.88. The summed E-state index contributed by atoms with van der Waals surface area (Å²) in [4.78, 5) is 24.7. The Kier molecular flexibility index (Phi) is 5.30. The van der Waals surface area contributed by atoms with Crippen LogP contribution in [0.15, 0.2) is 59.8 Å². The van der Waals surface area contributed by atoms with Gasteiger partial charge in [-0.1, -0.05) is 36.4 Å². The van der Waals surface area contributed by atoms with Gasteiger partial charge in [-0.25, -0.2) is 9.59 Å². The maximum Gasteiger partial charge on any atom is 0.338 e. The summed E-state index contributed by atoms with van der Waals surface area (Å²) in [6.45, 7) is 1.76. The molecule has 0 aromatic heterocycles. The second-order valence-corrected chi connectivity index (χ2v) is 6.06. The zero-order chi connectivity index (χ0) is 19.4. The van der Waals surface area contributed by atoms with Crippen LogP contribution >= 0.6 is 0 Å². The first-order valence-electron chi connectivity index (χ1n) is 8.36. The Bertz CT molecular complexity index is 893. The normalized spacial score (nSPS) is 16.4. The first kappa shape index (κ1) is 18.3. The first-order chi connectivity index (χ1) is 13.0. The first-order valence-corrected chi connectivity index (χ1v) is 8.36. The van der Waals surface area contributed by atoms with Gasteiger partial charge in [-0.05, 0) is 30.2 Å². The van der Waals surface area contributed by atoms with E-state index < -0.39 is 18.0 Å². The average molecular weight is 368 g/mol. The molecule has 1 aliphatic rings. The van der Waals surface area contributed by atoms with Crippen molar-refractivity contribution in [3.8, 4) is 11.5 Å². The van der Waals surface area contributed by atoms with Crippen molar-refractivity contribution < 1.29 is 24.2 Å². The Morgan fingerprint density at radius 2 is 1.93 bits per heavy atom. The lowest BCUT2D eigenvalue weighted by molar-refractivity contribution is -0.140. The summed E-state index contributed by atoms with van der Waals surface area (Å²) in [5, 5.41) is 15.1. The van der Waals surface area contributed by atoms with E-state index in [0.29, 0.717) is 16.8 Å². The SMILES string of the molecule is COc1cc([C@@H]2NC(=O)NC(C)=C2C(=O)OCc2ccccc2)ccc1O. The van der Waals surface area contributed by atoms with Crippen LogP contribution in [0.3, 0.4) is 0 Å². The number of rotatable bonds is 5. The van der Waals surface area contributed by atoms with E-state index in [9.17, 15) is 14.7 Å². The summed E-state index contributed by atoms with van der Waals surface area (Å²) >= 11 is 0. The third kappa shape index (κ3) is 4.03. The third-order valence-corrected chi connectivity index (χ3v) is 4.24. The molecular weight excluding hydrogens is 348 g/mol. The van der Waals surface area contributed by atoms with Gasteiger partial charge in [0, 0.05) is 5.70 Å². The van der Waals surface area contributed by atoms with E-state index in [-0.39, 0.29) is 18.1 Å². The third-order valence-electron chi connectivity index (χ3n) is 4.24. The zero-order valence-corrected chi connectivity index (χ0v) is 15.0. The van der Waals surface area contributed by atoms with E-state index in [2.05, 4.69) is 10.6 Å². The van der Waals surface area contributed by atoms with Gasteiger partial charge in [0.15, 0.2) is 11.5 Å². The van der Waals surface area contributed by atoms with Gasteiger partial charge in [0.25, 0.3) is 0 Å². The van der Waals surface area contributed by atoms with E-state index in [1.54, 1.807) is 19.1 Å². The maximum absolute atomic E-state index is 12.7. The highest BCUT2D eigenvalue weighted by Gasteiger charge is 2.32. The molecule has 140 valence electrons. The standard InChI is InChI=1S/C20H20N2O5/c1-12-17(19(24)27-11-13-6-4-3-5-7-13)18(22-20(25)21-12)14-8-9-15(23)16(10-14)26-2/h3-10,18,23H,11H2,1-2H3,(H2,21,22,25)/t18-/m0/s1. The smallest absolute Gasteiger partial charge is 0.338 e. The molecule has 0 saturated heterocycles. The summed E-state index contributed by atoms with van der Waals surface area (Å²) in [5.41, 5.74) is 2.15. The fourth-order valence-corrected chi connectivity index (χ4v) is 2.89. The lowest BCUT2D eigenvalue weighted by atomic mass is 9.95. The van der Waals surface area contributed by atoms with Crippen LogP contribution in [-0.2, 0) is 16.1 Å². The number of urea groups is 1. The van der Waals surface area contributed by atoms with Crippen LogP contribution in [-0.4, -0.2) is 24.2 Å². The van der Waals surface area contributed by atoms with Gasteiger partial charge in [0.2, 0.25) is 0 Å². The van der Waals surface area contributed by atoms with Gasteiger partial charge in [0.1, 0.15) is 6.61 Å². The molecule has 1 heterocycles. The van der Waals surface area contributed by atoms with E-state index in [4.69, 9.17) is 9.47 Å². The Labute approximate surface area is 156 Å². The van der Waals surface area contributed by atoms with Crippen LogP contribution < -0.4 is 15.4 Å². The minimum atomic E-state index is -0.725. The highest BCUT2D eigenvalue weighted by Crippen LogP contribution is 2.33. The summed E-state index contributed by atoms with van der Waals surface area (Å²) in [6, 6.07) is 12.8. The molecule has 0 spiro atoms. The van der Waals surface area contributed by atoms with Crippen molar-refractivity contribution in [3.05, 3.63) is 70.9 Å². The second-order valence-electron chi connectivity index (χ2n) is 6.06. The fraction of sp³-hybridized carbons (Fsp3) is 0.200. The number of methoxy groups -OCH3 is 1. The molecule has 2 amide bonds. The van der Waals surface area contributed by atoms with Crippen molar-refractivity contribution in [2.24, 2.45) is 0 Å². The average Bonchev–Trinajstić information content (AvgIpc) is 2.66. The number of hydrogen-bond acceptors (Lipinski definition) is 5. The highest BCUT2D eigenvalue weighted by atomic mass is 16.5. The number of phenolic OH excluding ortho intramolecular Hbond substituents is 1. The van der Waals surface area contributed by atoms with E-state index >= 15 is 0 Å². The molecule has 0 fully saturated rings. The van der Waals surface area contributed by atoms with Crippen molar-refractivity contribution in [2.75, 3.05) is 7.11 Å². The van der Waals surface area contributed by atoms with Crippen LogP contribution in [0.2, 0.25) is 0 Å². The predicted octanol–water partition coefficient (Wildman–Crippen LogP) is 2.77. The number of aromatic hydroxyl groups is 1. The molecule has 3 N–H and O–H groups in total. The molecule has 1 aliphatic heterocycles. The highest BCUT2D eigenvalue weighted by molar-refractivity contribution is 5.95. The number of hydrogen-bond donors (Lipinski definition) is 3. The molecule has 3 rings (SSSR count). The van der Waals surface area contributed by atoms with Gasteiger partial charge >= 0.3 is 12.0 Å². The Morgan fingerprint density at radius 1 is 1.19 bits per heavy atom. The largest absolute Gasteiger partial charge is 0.504 e. The number of allylic oxidation sites excluding steroid dienone is 1. The van der Waals surface area contributed by atoms with Crippen molar-refractivity contribution >= 4 is 12.0 Å². The number of esters is 1. The van der Waals surface area contributed by atoms with Crippen molar-refractivity contribution in [1.29, 1.82) is 0 Å². The molecule has 27 heavy (non-hydrogen) atoms. The molecule has 0 bridgehead atoms. The van der Waals surface area contributed by atoms with Crippen LogP contribution in [0.25, 0.3) is 0 Å². The Morgan fingerprint density at radius 3 is 2.63 bits per heavy atom. The molecule has 7 heteroatoms. The lowest BCUT2D eigenvalue weighted by Crippen LogP contribution is -2.45. The molecule has 0 unspecified atom stereocenters. The Hall–Kier alpha value is -3.48. The van der Waals surface area contributed by atoms with Gasteiger partial charge in [0.05, 0.1) is 18.7 Å². The molecule has 0 saturated carbocycles. The summed E-state index contributed by atoms with van der Waals surface area (Å²) in [7, 11) is 1.43. The minimum absolute atomic E-state index is 0.0320. The predicted molar refractivity (Wildman–Crippen MR) is 98.0 cm³/mol. The monoisotopic (exact) mass is 368 g/mol. The zero-order valence-electron chi connectivity index (χ0n) is 15.0. The van der Waals surface area contributed by atoms with Gasteiger partial charge in [-0.2, -0.15) is 0 Å². The molecule has 1 atom stereocenters. The number of nitrogens with one attached hydrogen (secondary N) is 2. The number of carbonyl (C=O) groups excluding carboxylic acids is 2. The number of benzene rings is 2. The number of amides is 2. The summed E-state index contributed by atoms with van der Waals surface area (Å²) < 4.78 is 10.6. The number of ether oxygens (including phenoxy) is 2. The van der Waals surface area contributed by atoms with E-state index in [0.717, 1.165) is 5.56 Å². The van der Waals surface area contributed by atoms with Crippen LogP contribution in [0.4, 0.5) is 4.79 Å². The molecule has 7 nitrogen and oxygen atoms in total. The fourth-order valence-electron chi connectivity index (χ4n) is 2.89. The van der Waals surface area contributed by atoms with E-state index in [1.807, 2.05) is 30.3 Å². The van der Waals surface area contributed by atoms with Crippen LogP contribution in [0, 0.1) is 0 Å². The van der Waals surface area contributed by atoms with E-state index in [1.165, 1.54) is 13.2 Å².